The van der Waals surface area contributed by atoms with Gasteiger partial charge in [0, 0.05) is 6.61 Å². The highest BCUT2D eigenvalue weighted by Gasteiger charge is 2.10. The van der Waals surface area contributed by atoms with E-state index in [1.807, 2.05) is 0 Å². The van der Waals surface area contributed by atoms with Crippen LogP contribution in [-0.2, 0) is 9.53 Å². The van der Waals surface area contributed by atoms with Crippen molar-refractivity contribution in [3.8, 4) is 0 Å². The van der Waals surface area contributed by atoms with Gasteiger partial charge in [0.05, 0.1) is 6.61 Å². The van der Waals surface area contributed by atoms with Crippen LogP contribution in [0.1, 0.15) is 77.6 Å². The van der Waals surface area contributed by atoms with Crippen LogP contribution in [0.5, 0.6) is 0 Å². The fourth-order valence-corrected chi connectivity index (χ4v) is 2.15. The predicted molar refractivity (Wildman–Crippen MR) is 82.9 cm³/mol. The van der Waals surface area contributed by atoms with E-state index in [4.69, 9.17) is 15.6 Å². The molecule has 0 bridgehead atoms. The fourth-order valence-electron chi connectivity index (χ4n) is 2.15. The second-order valence-corrected chi connectivity index (χ2v) is 5.56. The lowest BCUT2D eigenvalue weighted by atomic mass is 10.1. The molecule has 20 heavy (non-hydrogen) atoms. The molecule has 0 radical (unpaired) electrons. The first-order valence-electron chi connectivity index (χ1n) is 8.24. The lowest BCUT2D eigenvalue weighted by molar-refractivity contribution is -0.140. The number of hydrogen-bond acceptors (Lipinski definition) is 3. The molecule has 0 saturated carbocycles. The van der Waals surface area contributed by atoms with Crippen molar-refractivity contribution in [1.29, 1.82) is 0 Å². The Balaban J connectivity index is 3.04. The molecule has 0 aliphatic carbocycles. The Hall–Kier alpha value is -0.610. The highest BCUT2D eigenvalue weighted by atomic mass is 16.5. The van der Waals surface area contributed by atoms with Crippen LogP contribution >= 0.6 is 0 Å². The smallest absolute Gasteiger partial charge is 0.322 e. The largest absolute Gasteiger partial charge is 0.480 e. The molecule has 0 spiro atoms. The quantitative estimate of drug-likeness (QED) is 0.450. The summed E-state index contributed by atoms with van der Waals surface area (Å²) in [7, 11) is 0. The van der Waals surface area contributed by atoms with E-state index < -0.39 is 12.0 Å². The molecular weight excluding hydrogens is 254 g/mol. The number of hydrogen-bond donors (Lipinski definition) is 2. The number of unbranched alkanes of at least 4 members (excludes halogenated alkanes) is 10. The van der Waals surface area contributed by atoms with Crippen LogP contribution < -0.4 is 5.73 Å². The molecule has 4 nitrogen and oxygen atoms in total. The molecule has 1 atom stereocenters. The minimum absolute atomic E-state index is 0.118. The summed E-state index contributed by atoms with van der Waals surface area (Å²) in [6.45, 7) is 2.99. The van der Waals surface area contributed by atoms with Crippen LogP contribution in [0, 0.1) is 0 Å². The predicted octanol–water partition coefficient (Wildman–Crippen LogP) is 3.73. The molecule has 3 N–H and O–H groups in total. The van der Waals surface area contributed by atoms with Crippen molar-refractivity contribution in [1.82, 2.24) is 0 Å². The maximum Gasteiger partial charge on any atom is 0.322 e. The first-order chi connectivity index (χ1) is 9.68. The van der Waals surface area contributed by atoms with Gasteiger partial charge in [-0.2, -0.15) is 0 Å². The minimum atomic E-state index is -0.996. The normalized spacial score (nSPS) is 12.5. The molecule has 0 aromatic rings. The van der Waals surface area contributed by atoms with Gasteiger partial charge in [-0.1, -0.05) is 71.1 Å². The topological polar surface area (TPSA) is 72.5 Å². The second-order valence-electron chi connectivity index (χ2n) is 5.56. The molecule has 0 aromatic carbocycles. The molecule has 0 saturated heterocycles. The molecule has 0 aliphatic heterocycles. The van der Waals surface area contributed by atoms with Gasteiger partial charge < -0.3 is 15.6 Å². The van der Waals surface area contributed by atoms with Gasteiger partial charge in [-0.05, 0) is 6.42 Å². The van der Waals surface area contributed by atoms with Crippen LogP contribution in [0.2, 0.25) is 0 Å². The summed E-state index contributed by atoms with van der Waals surface area (Å²) in [6, 6.07) is -0.886. The second kappa shape index (κ2) is 14.8. The zero-order chi connectivity index (χ0) is 15.1. The standard InChI is InChI=1S/C16H33NO3/c1-2-3-4-5-6-7-8-9-10-11-12-13-20-14-15(17)16(18)19/h15H,2-14,17H2,1H3,(H,18,19). The monoisotopic (exact) mass is 287 g/mol. The van der Waals surface area contributed by atoms with Crippen LogP contribution in [0.15, 0.2) is 0 Å². The van der Waals surface area contributed by atoms with Crippen molar-refractivity contribution in [2.24, 2.45) is 5.73 Å². The highest BCUT2D eigenvalue weighted by molar-refractivity contribution is 5.73. The molecule has 120 valence electrons. The summed E-state index contributed by atoms with van der Waals surface area (Å²) >= 11 is 0. The van der Waals surface area contributed by atoms with Gasteiger partial charge in [-0.25, -0.2) is 0 Å². The van der Waals surface area contributed by atoms with Crippen molar-refractivity contribution >= 4 is 5.97 Å². The van der Waals surface area contributed by atoms with Crippen LogP contribution in [0.3, 0.4) is 0 Å². The van der Waals surface area contributed by atoms with Crippen molar-refractivity contribution in [2.45, 2.75) is 83.6 Å². The lowest BCUT2D eigenvalue weighted by Crippen LogP contribution is -2.34. The summed E-state index contributed by atoms with van der Waals surface area (Å²) in [5.74, 6) is -0.996. The third-order valence-corrected chi connectivity index (χ3v) is 3.51. The van der Waals surface area contributed by atoms with Gasteiger partial charge in [-0.3, -0.25) is 4.79 Å². The molecular formula is C16H33NO3. The minimum Gasteiger partial charge on any atom is -0.480 e. The van der Waals surface area contributed by atoms with E-state index in [0.717, 1.165) is 12.8 Å². The Morgan fingerprint density at radius 3 is 1.85 bits per heavy atom. The number of nitrogens with two attached hydrogens (primary N) is 1. The maximum absolute atomic E-state index is 10.4. The Kier molecular flexibility index (Phi) is 14.3. The first-order valence-corrected chi connectivity index (χ1v) is 8.24. The van der Waals surface area contributed by atoms with Gasteiger partial charge in [0.25, 0.3) is 0 Å². The first kappa shape index (κ1) is 19.4. The molecule has 0 heterocycles. The number of carboxylic acid groups (broad SMARTS) is 1. The lowest BCUT2D eigenvalue weighted by Gasteiger charge is -2.07. The number of rotatable bonds is 15. The molecule has 0 amide bonds. The molecule has 0 aromatic heterocycles. The number of aliphatic carboxylic acids is 1. The van der Waals surface area contributed by atoms with E-state index >= 15 is 0 Å². The molecule has 0 aliphatic rings. The Morgan fingerprint density at radius 2 is 1.40 bits per heavy atom. The Labute approximate surface area is 124 Å². The maximum atomic E-state index is 10.4. The van der Waals surface area contributed by atoms with E-state index in [1.54, 1.807) is 0 Å². The number of ether oxygens (including phenoxy) is 1. The number of carboxylic acids is 1. The van der Waals surface area contributed by atoms with Gasteiger partial charge >= 0.3 is 5.97 Å². The van der Waals surface area contributed by atoms with E-state index in [9.17, 15) is 4.79 Å². The van der Waals surface area contributed by atoms with Crippen molar-refractivity contribution in [3.63, 3.8) is 0 Å². The molecule has 0 rings (SSSR count). The summed E-state index contributed by atoms with van der Waals surface area (Å²) in [4.78, 5) is 10.4. The molecule has 4 heteroatoms. The van der Waals surface area contributed by atoms with Gasteiger partial charge in [0.1, 0.15) is 6.04 Å². The van der Waals surface area contributed by atoms with E-state index in [0.29, 0.717) is 6.61 Å². The van der Waals surface area contributed by atoms with Gasteiger partial charge in [-0.15, -0.1) is 0 Å². The summed E-state index contributed by atoms with van der Waals surface area (Å²) < 4.78 is 5.23. The summed E-state index contributed by atoms with van der Waals surface area (Å²) in [5, 5.41) is 8.57. The zero-order valence-electron chi connectivity index (χ0n) is 13.1. The third kappa shape index (κ3) is 13.8. The van der Waals surface area contributed by atoms with Crippen molar-refractivity contribution in [2.75, 3.05) is 13.2 Å². The van der Waals surface area contributed by atoms with Gasteiger partial charge in [0.2, 0.25) is 0 Å². The van der Waals surface area contributed by atoms with Gasteiger partial charge in [0.15, 0.2) is 0 Å². The average Bonchev–Trinajstić information content (AvgIpc) is 2.43. The molecule has 1 unspecified atom stereocenters. The zero-order valence-corrected chi connectivity index (χ0v) is 13.1. The van der Waals surface area contributed by atoms with Crippen LogP contribution in [-0.4, -0.2) is 30.3 Å². The van der Waals surface area contributed by atoms with E-state index in [2.05, 4.69) is 6.92 Å². The number of carbonyl (C=O) groups is 1. The Morgan fingerprint density at radius 1 is 0.950 bits per heavy atom. The van der Waals surface area contributed by atoms with Crippen molar-refractivity contribution < 1.29 is 14.6 Å². The fraction of sp³-hybridized carbons (Fsp3) is 0.938. The van der Waals surface area contributed by atoms with E-state index in [1.165, 1.54) is 57.8 Å². The summed E-state index contributed by atoms with van der Waals surface area (Å²) in [6.07, 6.45) is 14.3. The average molecular weight is 287 g/mol. The van der Waals surface area contributed by atoms with E-state index in [-0.39, 0.29) is 6.61 Å². The van der Waals surface area contributed by atoms with Crippen LogP contribution in [0.25, 0.3) is 0 Å². The SMILES string of the molecule is CCCCCCCCCCCCCOCC(N)C(=O)O. The van der Waals surface area contributed by atoms with Crippen molar-refractivity contribution in [3.05, 3.63) is 0 Å². The summed E-state index contributed by atoms with van der Waals surface area (Å²) in [5.41, 5.74) is 5.33. The molecule has 0 fully saturated rings. The highest BCUT2D eigenvalue weighted by Crippen LogP contribution is 2.11. The Bertz CT molecular complexity index is 222. The van der Waals surface area contributed by atoms with Crippen LogP contribution in [0.4, 0.5) is 0 Å². The third-order valence-electron chi connectivity index (χ3n) is 3.51.